The number of allylic oxidation sites excluding steroid dienone is 2. The van der Waals surface area contributed by atoms with E-state index in [0.29, 0.717) is 0 Å². The van der Waals surface area contributed by atoms with Crippen molar-refractivity contribution in [2.45, 2.75) is 160 Å². The molecular weight excluding hydrogens is 494 g/mol. The van der Waals surface area contributed by atoms with E-state index in [0.717, 1.165) is 89.0 Å². The predicted molar refractivity (Wildman–Crippen MR) is 170 cm³/mol. The van der Waals surface area contributed by atoms with Gasteiger partial charge in [-0.3, -0.25) is 0 Å². The van der Waals surface area contributed by atoms with Crippen molar-refractivity contribution in [1.29, 1.82) is 0 Å². The summed E-state index contributed by atoms with van der Waals surface area (Å²) in [5.74, 6) is 13.9. The van der Waals surface area contributed by atoms with Crippen molar-refractivity contribution in [1.82, 2.24) is 5.32 Å². The second-order valence-electron chi connectivity index (χ2n) is 17.9. The van der Waals surface area contributed by atoms with E-state index in [-0.39, 0.29) is 0 Å². The topological polar surface area (TPSA) is 12.0 Å². The van der Waals surface area contributed by atoms with Crippen molar-refractivity contribution < 1.29 is 0 Å². The van der Waals surface area contributed by atoms with Gasteiger partial charge in [0, 0.05) is 12.1 Å². The molecule has 14 atom stereocenters. The lowest BCUT2D eigenvalue weighted by molar-refractivity contribution is -0.0364. The van der Waals surface area contributed by atoms with Crippen molar-refractivity contribution in [2.24, 2.45) is 76.9 Å². The van der Waals surface area contributed by atoms with E-state index in [4.69, 9.17) is 0 Å². The maximum atomic E-state index is 4.46. The second kappa shape index (κ2) is 11.2. The Morgan fingerprint density at radius 2 is 1.02 bits per heavy atom. The molecular formula is C40H63N. The van der Waals surface area contributed by atoms with Gasteiger partial charge in [0.05, 0.1) is 0 Å². The monoisotopic (exact) mass is 557 g/mol. The van der Waals surface area contributed by atoms with Gasteiger partial charge >= 0.3 is 0 Å². The summed E-state index contributed by atoms with van der Waals surface area (Å²) in [6, 6.07) is 1.76. The first-order valence-corrected chi connectivity index (χ1v) is 19.8. The van der Waals surface area contributed by atoms with E-state index < -0.39 is 0 Å². The molecule has 0 aromatic rings. The zero-order valence-corrected chi connectivity index (χ0v) is 26.5. The summed E-state index contributed by atoms with van der Waals surface area (Å²) in [5, 5.41) is 4.46. The van der Waals surface area contributed by atoms with Crippen LogP contribution in [-0.2, 0) is 0 Å². The summed E-state index contributed by atoms with van der Waals surface area (Å²) in [5.41, 5.74) is 1.97. The number of hydrogen-bond acceptors (Lipinski definition) is 1. The molecule has 9 rings (SSSR count). The second-order valence-corrected chi connectivity index (χ2v) is 17.9. The summed E-state index contributed by atoms with van der Waals surface area (Å²) >= 11 is 0. The number of hydrogen-bond donors (Lipinski definition) is 1. The van der Waals surface area contributed by atoms with E-state index in [9.17, 15) is 0 Å². The van der Waals surface area contributed by atoms with E-state index in [1.165, 1.54) is 32.1 Å². The largest absolute Gasteiger partial charge is 0.311 e. The molecule has 0 bridgehead atoms. The molecule has 11 unspecified atom stereocenters. The van der Waals surface area contributed by atoms with Crippen molar-refractivity contribution in [3.8, 4) is 0 Å². The van der Waals surface area contributed by atoms with E-state index in [1.54, 1.807) is 116 Å². The number of nitrogens with one attached hydrogen (secondary N) is 1. The van der Waals surface area contributed by atoms with Gasteiger partial charge in [0.2, 0.25) is 0 Å². The van der Waals surface area contributed by atoms with Gasteiger partial charge < -0.3 is 5.32 Å². The first-order chi connectivity index (χ1) is 20.3. The van der Waals surface area contributed by atoms with Crippen LogP contribution in [0.5, 0.6) is 0 Å². The van der Waals surface area contributed by atoms with Crippen LogP contribution in [0.2, 0.25) is 0 Å². The molecule has 1 heterocycles. The highest BCUT2D eigenvalue weighted by Crippen LogP contribution is 2.62. The van der Waals surface area contributed by atoms with Crippen LogP contribution in [-0.4, -0.2) is 12.1 Å². The lowest BCUT2D eigenvalue weighted by Gasteiger charge is -2.58. The Morgan fingerprint density at radius 3 is 1.78 bits per heavy atom. The quantitative estimate of drug-likeness (QED) is 0.340. The molecule has 7 saturated carbocycles. The SMILES string of the molecule is C1=C2CC[C@@H](C3CCC4C(C3)NC3CC(C5CCCCC5C5CCCCC5)CC[C@H]34)C3CCC4CCCC(C1)[C@H]4C23. The molecule has 9 aliphatic rings. The molecule has 8 aliphatic carbocycles. The smallest absolute Gasteiger partial charge is 0.0104 e. The number of rotatable bonds is 3. The van der Waals surface area contributed by atoms with Crippen LogP contribution in [0.4, 0.5) is 0 Å². The van der Waals surface area contributed by atoms with Crippen molar-refractivity contribution in [3.05, 3.63) is 11.6 Å². The lowest BCUT2D eigenvalue weighted by atomic mass is 9.47. The maximum Gasteiger partial charge on any atom is 0.0104 e. The molecule has 0 spiro atoms. The molecule has 0 amide bonds. The highest BCUT2D eigenvalue weighted by molar-refractivity contribution is 5.21. The molecule has 1 saturated heterocycles. The third-order valence-corrected chi connectivity index (χ3v) is 16.6. The van der Waals surface area contributed by atoms with Gasteiger partial charge in [-0.25, -0.2) is 0 Å². The Kier molecular flexibility index (Phi) is 7.42. The van der Waals surface area contributed by atoms with Crippen molar-refractivity contribution in [2.75, 3.05) is 0 Å². The normalized spacial score (nSPS) is 53.5. The minimum Gasteiger partial charge on any atom is -0.311 e. The summed E-state index contributed by atoms with van der Waals surface area (Å²) in [7, 11) is 0. The zero-order chi connectivity index (χ0) is 26.9. The molecule has 8 fully saturated rings. The average molecular weight is 558 g/mol. The highest BCUT2D eigenvalue weighted by Gasteiger charge is 2.55. The van der Waals surface area contributed by atoms with Crippen molar-refractivity contribution in [3.63, 3.8) is 0 Å². The van der Waals surface area contributed by atoms with Gasteiger partial charge in [-0.15, -0.1) is 0 Å². The standard InChI is InChI=1S/C40H63N/c1-2-7-25(8-3-1)31-11-4-5-12-32(31)29-17-20-34-35-21-18-30(24-38(35)41-37(34)23-29)33-19-15-28-14-13-26-9-6-10-27-16-22-36(33)40(28)39(26)27/h14,25-27,29-41H,1-13,15-24H2/t26?,27?,29?,30?,31?,32?,33-,34-,35?,36?,37?,38?,39+,40?/m0/s1. The first-order valence-electron chi connectivity index (χ1n) is 19.8. The van der Waals surface area contributed by atoms with E-state index in [1.807, 2.05) is 5.57 Å². The van der Waals surface area contributed by atoms with E-state index >= 15 is 0 Å². The van der Waals surface area contributed by atoms with Crippen LogP contribution in [0, 0.1) is 76.9 Å². The van der Waals surface area contributed by atoms with Crippen molar-refractivity contribution >= 4 is 0 Å². The van der Waals surface area contributed by atoms with Gasteiger partial charge in [0.1, 0.15) is 0 Å². The molecule has 1 nitrogen and oxygen atoms in total. The van der Waals surface area contributed by atoms with Gasteiger partial charge in [-0.1, -0.05) is 69.4 Å². The molecule has 228 valence electrons. The Labute approximate surface area is 253 Å². The van der Waals surface area contributed by atoms with Gasteiger partial charge in [-0.05, 0) is 167 Å². The number of fused-ring (bicyclic) bond motifs is 3. The predicted octanol–water partition coefficient (Wildman–Crippen LogP) is 10.3. The highest BCUT2D eigenvalue weighted by atomic mass is 15.0. The lowest BCUT2D eigenvalue weighted by Crippen LogP contribution is -2.50. The minimum absolute atomic E-state index is 0.880. The molecule has 1 N–H and O–H groups in total. The zero-order valence-electron chi connectivity index (χ0n) is 26.5. The fourth-order valence-corrected chi connectivity index (χ4v) is 15.2. The van der Waals surface area contributed by atoms with Crippen LogP contribution < -0.4 is 5.32 Å². The van der Waals surface area contributed by atoms with Crippen LogP contribution in [0.15, 0.2) is 11.6 Å². The third-order valence-electron chi connectivity index (χ3n) is 16.6. The summed E-state index contributed by atoms with van der Waals surface area (Å²) in [6.07, 6.45) is 38.6. The molecule has 41 heavy (non-hydrogen) atoms. The third kappa shape index (κ3) is 4.69. The molecule has 1 aliphatic heterocycles. The van der Waals surface area contributed by atoms with Crippen LogP contribution >= 0.6 is 0 Å². The van der Waals surface area contributed by atoms with Crippen LogP contribution in [0.1, 0.15) is 148 Å². The van der Waals surface area contributed by atoms with Crippen LogP contribution in [0.3, 0.4) is 0 Å². The fraction of sp³-hybridized carbons (Fsp3) is 0.950. The van der Waals surface area contributed by atoms with E-state index in [2.05, 4.69) is 11.4 Å². The average Bonchev–Trinajstić information content (AvgIpc) is 3.41. The summed E-state index contributed by atoms with van der Waals surface area (Å²) < 4.78 is 0. The molecule has 0 radical (unpaired) electrons. The Balaban J connectivity index is 0.871. The maximum absolute atomic E-state index is 4.46. The Bertz CT molecular complexity index is 960. The summed E-state index contributed by atoms with van der Waals surface area (Å²) in [6.45, 7) is 0. The molecule has 0 aromatic heterocycles. The Hall–Kier alpha value is -0.300. The minimum atomic E-state index is 0.880. The molecule has 1 heteroatoms. The van der Waals surface area contributed by atoms with Gasteiger partial charge in [0.25, 0.3) is 0 Å². The molecule has 0 aromatic carbocycles. The van der Waals surface area contributed by atoms with Gasteiger partial charge in [0.15, 0.2) is 0 Å². The first kappa shape index (κ1) is 27.0. The summed E-state index contributed by atoms with van der Waals surface area (Å²) in [4.78, 5) is 0. The van der Waals surface area contributed by atoms with Crippen LogP contribution in [0.25, 0.3) is 0 Å². The Morgan fingerprint density at radius 1 is 0.439 bits per heavy atom. The fourth-order valence-electron chi connectivity index (χ4n) is 15.2. The van der Waals surface area contributed by atoms with Gasteiger partial charge in [-0.2, -0.15) is 0 Å².